The van der Waals surface area contributed by atoms with Gasteiger partial charge in [0.1, 0.15) is 4.32 Å². The topological polar surface area (TPSA) is 126 Å². The first-order valence-corrected chi connectivity index (χ1v) is 15.3. The van der Waals surface area contributed by atoms with Crippen molar-refractivity contribution in [1.82, 2.24) is 19.4 Å². The summed E-state index contributed by atoms with van der Waals surface area (Å²) in [6.07, 6.45) is 1.03. The second-order valence-corrected chi connectivity index (χ2v) is 13.1. The highest BCUT2D eigenvalue weighted by molar-refractivity contribution is 8.23. The first kappa shape index (κ1) is 27.3. The third-order valence-electron chi connectivity index (χ3n) is 6.72. The van der Waals surface area contributed by atoms with E-state index < -0.39 is 10.0 Å². The molecule has 5 rings (SSSR count). The Hall–Kier alpha value is -3.29. The lowest BCUT2D eigenvalue weighted by molar-refractivity contribution is -0.113. The normalized spacial score (nSPS) is 18.3. The van der Waals surface area contributed by atoms with Crippen LogP contribution in [0.1, 0.15) is 29.4 Å². The van der Waals surface area contributed by atoms with E-state index >= 15 is 0 Å². The van der Waals surface area contributed by atoms with E-state index in [1.165, 1.54) is 36.0 Å². The van der Waals surface area contributed by atoms with Crippen molar-refractivity contribution in [1.29, 1.82) is 0 Å². The molecule has 2 atom stereocenters. The van der Waals surface area contributed by atoms with Gasteiger partial charge in [0, 0.05) is 54.4 Å². The Kier molecular flexibility index (Phi) is 7.74. The Morgan fingerprint density at radius 2 is 1.79 bits per heavy atom. The Balaban J connectivity index is 1.14. The Morgan fingerprint density at radius 1 is 1.08 bits per heavy atom. The number of sulfonamides is 1. The van der Waals surface area contributed by atoms with E-state index in [2.05, 4.69) is 24.9 Å². The minimum Gasteiger partial charge on any atom is -0.356 e. The van der Waals surface area contributed by atoms with Crippen LogP contribution in [0.4, 0.5) is 11.6 Å². The zero-order valence-corrected chi connectivity index (χ0v) is 23.9. The largest absolute Gasteiger partial charge is 0.356 e. The van der Waals surface area contributed by atoms with Gasteiger partial charge in [0.2, 0.25) is 11.9 Å². The van der Waals surface area contributed by atoms with Gasteiger partial charge in [0.05, 0.1) is 10.6 Å². The second-order valence-electron chi connectivity index (χ2n) is 9.81. The monoisotopic (exact) mass is 584 g/mol. The number of amides is 1. The number of thiocarbonyl (C=S) groups is 1. The number of aromatic nitrogens is 3. The number of carbonyl (C=O) groups is 1. The van der Waals surface area contributed by atoms with Crippen molar-refractivity contribution in [2.45, 2.75) is 37.6 Å². The number of fused-ring (bicyclic) bond motifs is 4. The number of nitrogens with zero attached hydrogens (tertiary/aromatic N) is 4. The molecular formula is C26H28N6O4S3. The van der Waals surface area contributed by atoms with Crippen LogP contribution < -0.4 is 15.6 Å². The van der Waals surface area contributed by atoms with E-state index in [0.717, 1.165) is 25.2 Å². The summed E-state index contributed by atoms with van der Waals surface area (Å²) in [4.78, 5) is 35.2. The molecule has 2 N–H and O–H groups in total. The Labute approximate surface area is 236 Å². The summed E-state index contributed by atoms with van der Waals surface area (Å²) in [5.74, 6) is 0.480. The predicted octanol–water partition coefficient (Wildman–Crippen LogP) is 3.13. The lowest BCUT2D eigenvalue weighted by Gasteiger charge is -2.43. The van der Waals surface area contributed by atoms with E-state index in [4.69, 9.17) is 12.2 Å². The molecule has 1 amide bonds. The number of piperidine rings is 1. The van der Waals surface area contributed by atoms with Gasteiger partial charge >= 0.3 is 0 Å². The van der Waals surface area contributed by atoms with Gasteiger partial charge in [-0.1, -0.05) is 30.0 Å². The van der Waals surface area contributed by atoms with E-state index in [-0.39, 0.29) is 34.0 Å². The molecule has 0 radical (unpaired) electrons. The molecule has 39 heavy (non-hydrogen) atoms. The van der Waals surface area contributed by atoms with Crippen LogP contribution in [0.25, 0.3) is 0 Å². The molecule has 13 heteroatoms. The van der Waals surface area contributed by atoms with E-state index in [1.807, 2.05) is 16.7 Å². The first-order chi connectivity index (χ1) is 18.6. The van der Waals surface area contributed by atoms with E-state index in [9.17, 15) is 18.0 Å². The molecule has 2 bridgehead atoms. The van der Waals surface area contributed by atoms with Gasteiger partial charge in [-0.3, -0.25) is 9.59 Å². The van der Waals surface area contributed by atoms with Crippen LogP contribution in [0.5, 0.6) is 0 Å². The molecule has 1 aromatic carbocycles. The molecule has 1 fully saturated rings. The molecule has 3 aromatic rings. The number of rotatable bonds is 6. The highest BCUT2D eigenvalue weighted by atomic mass is 32.2. The van der Waals surface area contributed by atoms with Gasteiger partial charge in [-0.15, -0.1) is 0 Å². The molecule has 10 nitrogen and oxygen atoms in total. The molecule has 0 aliphatic carbocycles. The highest BCUT2D eigenvalue weighted by Crippen LogP contribution is 2.36. The summed E-state index contributed by atoms with van der Waals surface area (Å²) in [7, 11) is -3.89. The zero-order valence-electron chi connectivity index (χ0n) is 21.5. The molecule has 0 saturated carbocycles. The van der Waals surface area contributed by atoms with Crippen LogP contribution >= 0.6 is 24.0 Å². The summed E-state index contributed by atoms with van der Waals surface area (Å²) < 4.78 is 30.4. The number of thioether (sulfide) groups is 1. The number of aryl methyl sites for hydroxylation is 2. The molecule has 204 valence electrons. The molecule has 0 spiro atoms. The smallest absolute Gasteiger partial charge is 0.264 e. The predicted molar refractivity (Wildman–Crippen MR) is 156 cm³/mol. The second kappa shape index (κ2) is 11.1. The molecule has 2 aliphatic heterocycles. The van der Waals surface area contributed by atoms with Crippen molar-refractivity contribution in [3.8, 4) is 0 Å². The van der Waals surface area contributed by atoms with Gasteiger partial charge in [-0.2, -0.15) is 0 Å². The van der Waals surface area contributed by atoms with Crippen LogP contribution in [-0.4, -0.2) is 56.9 Å². The van der Waals surface area contributed by atoms with E-state index in [1.54, 1.807) is 26.0 Å². The van der Waals surface area contributed by atoms with E-state index in [0.29, 0.717) is 33.9 Å². The fourth-order valence-corrected chi connectivity index (χ4v) is 7.06. The third-order valence-corrected chi connectivity index (χ3v) is 9.59. The van der Waals surface area contributed by atoms with Gasteiger partial charge in [-0.25, -0.2) is 23.1 Å². The lowest BCUT2D eigenvalue weighted by Crippen LogP contribution is -2.48. The van der Waals surface area contributed by atoms with Crippen LogP contribution in [0.2, 0.25) is 0 Å². The van der Waals surface area contributed by atoms with Crippen LogP contribution in [0, 0.1) is 19.8 Å². The van der Waals surface area contributed by atoms with Crippen LogP contribution in [-0.2, 0) is 21.4 Å². The molecular weight excluding hydrogens is 557 g/mol. The molecule has 2 aromatic heterocycles. The van der Waals surface area contributed by atoms with Crippen molar-refractivity contribution in [2.75, 3.05) is 28.9 Å². The molecule has 1 saturated heterocycles. The molecule has 0 unspecified atom stereocenters. The number of pyridine rings is 1. The maximum atomic E-state index is 12.7. The van der Waals surface area contributed by atoms with Gasteiger partial charge < -0.3 is 14.8 Å². The Bertz CT molecular complexity index is 1570. The van der Waals surface area contributed by atoms with Gasteiger partial charge in [0.25, 0.3) is 15.6 Å². The van der Waals surface area contributed by atoms with Gasteiger partial charge in [0.15, 0.2) is 0 Å². The van der Waals surface area contributed by atoms with Gasteiger partial charge in [-0.05, 0) is 62.6 Å². The summed E-state index contributed by atoms with van der Waals surface area (Å²) >= 11 is 6.94. The summed E-state index contributed by atoms with van der Waals surface area (Å²) in [6.45, 7) is 5.70. The molecule has 2 aliphatic rings. The standard InChI is InChI=1S/C26H28N6O4S3/c1-16-10-17(2)28-25(27-16)30-39(35,36)21-8-6-20(7-9-21)29-23(33)15-38-26(37)31-12-18-11-19(14-31)22-4-3-5-24(34)32(22)13-18/h3-10,18-19H,11-15H2,1-2H3,(H,29,33)(H,27,28,30)/t18-,19+/m0/s1. The minimum atomic E-state index is -3.89. The Morgan fingerprint density at radius 3 is 2.51 bits per heavy atom. The van der Waals surface area contributed by atoms with Crippen molar-refractivity contribution in [3.05, 3.63) is 76.0 Å². The maximum absolute atomic E-state index is 12.7. The van der Waals surface area contributed by atoms with Crippen LogP contribution in [0.3, 0.4) is 0 Å². The average molecular weight is 585 g/mol. The fraction of sp³-hybridized carbons (Fsp3) is 0.346. The number of anilines is 2. The minimum absolute atomic E-state index is 0.00771. The van der Waals surface area contributed by atoms with Crippen molar-refractivity contribution >= 4 is 55.9 Å². The SMILES string of the molecule is Cc1cc(C)nc(NS(=O)(=O)c2ccc(NC(=O)CSC(=S)N3C[C@@H]4C[C@H](C3)c3cccc(=O)n3C4)cc2)n1. The molecule has 4 heterocycles. The maximum Gasteiger partial charge on any atom is 0.264 e. The van der Waals surface area contributed by atoms with Crippen LogP contribution in [0.15, 0.2) is 58.2 Å². The van der Waals surface area contributed by atoms with Crippen molar-refractivity contribution in [2.24, 2.45) is 5.92 Å². The zero-order chi connectivity index (χ0) is 27.7. The lowest BCUT2D eigenvalue weighted by atomic mass is 9.83. The summed E-state index contributed by atoms with van der Waals surface area (Å²) in [6, 6.07) is 13.1. The number of benzene rings is 1. The summed E-state index contributed by atoms with van der Waals surface area (Å²) in [5.41, 5.74) is 2.88. The fourth-order valence-electron chi connectivity index (χ4n) is 5.13. The van der Waals surface area contributed by atoms with Crippen molar-refractivity contribution < 1.29 is 13.2 Å². The average Bonchev–Trinajstić information content (AvgIpc) is 2.87. The number of hydrogen-bond donors (Lipinski definition) is 2. The number of likely N-dealkylation sites (tertiary alicyclic amines) is 1. The highest BCUT2D eigenvalue weighted by Gasteiger charge is 2.35. The van der Waals surface area contributed by atoms with Crippen molar-refractivity contribution in [3.63, 3.8) is 0 Å². The first-order valence-electron chi connectivity index (χ1n) is 12.4. The number of hydrogen-bond acceptors (Lipinski definition) is 8. The number of carbonyl (C=O) groups excluding carboxylic acids is 1. The summed E-state index contributed by atoms with van der Waals surface area (Å²) in [5, 5.41) is 2.79. The number of nitrogens with one attached hydrogen (secondary N) is 2. The quantitative estimate of drug-likeness (QED) is 0.420. The third kappa shape index (κ3) is 6.31.